The predicted octanol–water partition coefficient (Wildman–Crippen LogP) is 0.364. The van der Waals surface area contributed by atoms with Gasteiger partial charge in [-0.3, -0.25) is 4.79 Å². The van der Waals surface area contributed by atoms with Crippen LogP contribution in [0.15, 0.2) is 0 Å². The van der Waals surface area contributed by atoms with Crippen LogP contribution in [-0.4, -0.2) is 30.7 Å². The first-order valence-electron chi connectivity index (χ1n) is 5.24. The zero-order valence-electron chi connectivity index (χ0n) is 8.95. The van der Waals surface area contributed by atoms with Gasteiger partial charge in [-0.2, -0.15) is 0 Å². The Morgan fingerprint density at radius 2 is 2.40 bits per heavy atom. The van der Waals surface area contributed by atoms with E-state index in [4.69, 9.17) is 15.2 Å². The number of carbonyl (C=O) groups excluding carboxylic acids is 2. The van der Waals surface area contributed by atoms with Gasteiger partial charge in [-0.15, -0.1) is 0 Å². The molecule has 0 aromatic carbocycles. The molecular formula is C10H17NO4. The lowest BCUT2D eigenvalue weighted by molar-refractivity contribution is -0.174. The summed E-state index contributed by atoms with van der Waals surface area (Å²) in [7, 11) is 0. The molecule has 0 spiro atoms. The van der Waals surface area contributed by atoms with Crippen molar-refractivity contribution in [3.63, 3.8) is 0 Å². The monoisotopic (exact) mass is 215 g/mol. The maximum absolute atomic E-state index is 11.7. The summed E-state index contributed by atoms with van der Waals surface area (Å²) in [5.74, 6) is -0.767. The molecule has 1 aliphatic rings. The fourth-order valence-electron chi connectivity index (χ4n) is 1.54. The zero-order valence-corrected chi connectivity index (χ0v) is 8.95. The van der Waals surface area contributed by atoms with Gasteiger partial charge in [0.25, 0.3) is 0 Å². The van der Waals surface area contributed by atoms with Crippen LogP contribution >= 0.6 is 0 Å². The maximum atomic E-state index is 11.7. The largest absolute Gasteiger partial charge is 0.463 e. The van der Waals surface area contributed by atoms with Gasteiger partial charge in [-0.05, 0) is 19.4 Å². The van der Waals surface area contributed by atoms with Crippen molar-refractivity contribution in [2.75, 3.05) is 13.2 Å². The molecule has 1 aliphatic heterocycles. The van der Waals surface area contributed by atoms with Gasteiger partial charge in [0.05, 0.1) is 6.61 Å². The van der Waals surface area contributed by atoms with Crippen LogP contribution in [0.1, 0.15) is 32.6 Å². The number of rotatable bonds is 5. The molecule has 0 radical (unpaired) electrons. The number of hydrogen-bond acceptors (Lipinski definition) is 5. The van der Waals surface area contributed by atoms with E-state index in [2.05, 4.69) is 0 Å². The molecule has 1 fully saturated rings. The minimum Gasteiger partial charge on any atom is -0.463 e. The van der Waals surface area contributed by atoms with Gasteiger partial charge in [0.2, 0.25) is 5.60 Å². The molecule has 5 nitrogen and oxygen atoms in total. The molecule has 0 bridgehead atoms. The molecule has 1 unspecified atom stereocenters. The highest BCUT2D eigenvalue weighted by Crippen LogP contribution is 2.31. The predicted molar refractivity (Wildman–Crippen MR) is 53.0 cm³/mol. The molecule has 15 heavy (non-hydrogen) atoms. The lowest BCUT2D eigenvalue weighted by Crippen LogP contribution is -2.39. The van der Waals surface area contributed by atoms with Crippen LogP contribution in [0, 0.1) is 0 Å². The average Bonchev–Trinajstić information content (AvgIpc) is 2.62. The van der Waals surface area contributed by atoms with Crippen LogP contribution < -0.4 is 5.73 Å². The fraction of sp³-hybridized carbons (Fsp3) is 0.800. The summed E-state index contributed by atoms with van der Waals surface area (Å²) in [6.45, 7) is 2.57. The first-order chi connectivity index (χ1) is 7.14. The van der Waals surface area contributed by atoms with E-state index in [0.717, 1.165) is 0 Å². The summed E-state index contributed by atoms with van der Waals surface area (Å²) in [6, 6.07) is 0. The fourth-order valence-corrected chi connectivity index (χ4v) is 1.54. The van der Waals surface area contributed by atoms with Crippen molar-refractivity contribution in [1.29, 1.82) is 0 Å². The summed E-state index contributed by atoms with van der Waals surface area (Å²) in [6.07, 6.45) is 1.79. The minimum absolute atomic E-state index is 0.286. The molecule has 0 aromatic heterocycles. The summed E-state index contributed by atoms with van der Waals surface area (Å²) < 4.78 is 10.1. The second kappa shape index (κ2) is 5.11. The Labute approximate surface area is 88.9 Å². The molecule has 1 heterocycles. The second-order valence-corrected chi connectivity index (χ2v) is 3.60. The Bertz CT molecular complexity index is 254. The Kier molecular flexibility index (Phi) is 4.08. The van der Waals surface area contributed by atoms with Crippen LogP contribution in [0.2, 0.25) is 0 Å². The van der Waals surface area contributed by atoms with Crippen LogP contribution in [0.5, 0.6) is 0 Å². The van der Waals surface area contributed by atoms with E-state index in [-0.39, 0.29) is 12.6 Å². The molecule has 0 aliphatic carbocycles. The summed E-state index contributed by atoms with van der Waals surface area (Å²) >= 11 is 0. The summed E-state index contributed by atoms with van der Waals surface area (Å²) in [5, 5.41) is 0. The van der Waals surface area contributed by atoms with Crippen molar-refractivity contribution >= 4 is 11.9 Å². The highest BCUT2D eigenvalue weighted by molar-refractivity contribution is 5.86. The number of hydrogen-bond donors (Lipinski definition) is 1. The maximum Gasteiger partial charge on any atom is 0.350 e. The number of ether oxygens (including phenoxy) is 2. The molecule has 0 amide bonds. The second-order valence-electron chi connectivity index (χ2n) is 3.60. The van der Waals surface area contributed by atoms with Gasteiger partial charge in [0, 0.05) is 12.8 Å². The van der Waals surface area contributed by atoms with Crippen LogP contribution in [0.25, 0.3) is 0 Å². The van der Waals surface area contributed by atoms with E-state index in [1.807, 2.05) is 6.92 Å². The van der Waals surface area contributed by atoms with Crippen LogP contribution in [0.3, 0.4) is 0 Å². The lowest BCUT2D eigenvalue weighted by Gasteiger charge is -2.23. The quantitative estimate of drug-likeness (QED) is 0.529. The van der Waals surface area contributed by atoms with Crippen molar-refractivity contribution in [2.24, 2.45) is 5.73 Å². The van der Waals surface area contributed by atoms with Gasteiger partial charge in [-0.25, -0.2) is 4.79 Å². The van der Waals surface area contributed by atoms with Crippen molar-refractivity contribution < 1.29 is 19.1 Å². The number of nitrogens with two attached hydrogens (primary N) is 1. The van der Waals surface area contributed by atoms with E-state index in [1.165, 1.54) is 0 Å². The first-order valence-corrected chi connectivity index (χ1v) is 5.24. The number of cyclic esters (lactones) is 1. The van der Waals surface area contributed by atoms with Crippen molar-refractivity contribution in [1.82, 2.24) is 0 Å². The highest BCUT2D eigenvalue weighted by Gasteiger charge is 2.47. The number of carbonyl (C=O) groups is 2. The smallest absolute Gasteiger partial charge is 0.350 e. The van der Waals surface area contributed by atoms with E-state index in [1.54, 1.807) is 0 Å². The molecule has 1 saturated heterocycles. The van der Waals surface area contributed by atoms with E-state index in [0.29, 0.717) is 32.2 Å². The van der Waals surface area contributed by atoms with Crippen molar-refractivity contribution in [2.45, 2.75) is 38.2 Å². The summed E-state index contributed by atoms with van der Waals surface area (Å²) in [4.78, 5) is 22.7. The Morgan fingerprint density at radius 1 is 1.67 bits per heavy atom. The third-order valence-corrected chi connectivity index (χ3v) is 2.57. The standard InChI is InChI=1S/C10H17NO4/c1-2-10(5-4-8(12)15-10)9(13)14-7-3-6-11/h2-7,11H2,1H3. The first kappa shape index (κ1) is 12.0. The zero-order chi connectivity index (χ0) is 11.3. The lowest BCUT2D eigenvalue weighted by atomic mass is 9.97. The molecule has 1 atom stereocenters. The SMILES string of the molecule is CCC1(C(=O)OCCCN)CCC(=O)O1. The molecule has 0 saturated carbocycles. The third kappa shape index (κ3) is 2.68. The molecule has 5 heteroatoms. The van der Waals surface area contributed by atoms with Crippen molar-refractivity contribution in [3.8, 4) is 0 Å². The molecule has 1 rings (SSSR count). The Hall–Kier alpha value is -1.10. The molecule has 86 valence electrons. The number of esters is 2. The Balaban J connectivity index is 2.51. The van der Waals surface area contributed by atoms with E-state index >= 15 is 0 Å². The summed E-state index contributed by atoms with van der Waals surface area (Å²) in [5.41, 5.74) is 4.24. The average molecular weight is 215 g/mol. The van der Waals surface area contributed by atoms with Gasteiger partial charge < -0.3 is 15.2 Å². The highest BCUT2D eigenvalue weighted by atomic mass is 16.6. The topological polar surface area (TPSA) is 78.6 Å². The molecule has 0 aromatic rings. The molecular weight excluding hydrogens is 198 g/mol. The third-order valence-electron chi connectivity index (χ3n) is 2.57. The van der Waals surface area contributed by atoms with Crippen molar-refractivity contribution in [3.05, 3.63) is 0 Å². The molecule has 2 N–H and O–H groups in total. The van der Waals surface area contributed by atoms with E-state index < -0.39 is 11.6 Å². The van der Waals surface area contributed by atoms with Gasteiger partial charge in [-0.1, -0.05) is 6.92 Å². The van der Waals surface area contributed by atoms with Crippen LogP contribution in [-0.2, 0) is 19.1 Å². The Morgan fingerprint density at radius 3 is 2.87 bits per heavy atom. The van der Waals surface area contributed by atoms with Gasteiger partial charge >= 0.3 is 11.9 Å². The van der Waals surface area contributed by atoms with E-state index in [9.17, 15) is 9.59 Å². The normalized spacial score (nSPS) is 25.1. The van der Waals surface area contributed by atoms with Crippen LogP contribution in [0.4, 0.5) is 0 Å². The van der Waals surface area contributed by atoms with Gasteiger partial charge in [0.1, 0.15) is 0 Å². The minimum atomic E-state index is -1.04. The van der Waals surface area contributed by atoms with Gasteiger partial charge in [0.15, 0.2) is 0 Å².